The summed E-state index contributed by atoms with van der Waals surface area (Å²) in [5, 5.41) is 2.91. The van der Waals surface area contributed by atoms with Crippen LogP contribution in [-0.2, 0) is 20.9 Å². The molecule has 1 unspecified atom stereocenters. The van der Waals surface area contributed by atoms with Gasteiger partial charge in [0.05, 0.1) is 30.6 Å². The third-order valence-corrected chi connectivity index (χ3v) is 7.32. The summed E-state index contributed by atoms with van der Waals surface area (Å²) < 4.78 is 4.84. The molecule has 1 atom stereocenters. The second kappa shape index (κ2) is 13.3. The molecule has 0 radical (unpaired) electrons. The average Bonchev–Trinajstić information content (AvgIpc) is 3.36. The standard InChI is InChI=1S/C35H34N4O4/c1-38(2)21-20-31(40)39(23-24-10-6-4-7-11-24)28-17-15-27(16-18-28)36-33(25-12-8-5-9-13-25)32-29-19-14-26(35(42)43-3)22-30(29)37-34(32)41/h4-19,22,32H,20-21,23H2,1-3H3,(H,37,41). The van der Waals surface area contributed by atoms with Crippen molar-refractivity contribution < 1.29 is 19.1 Å². The summed E-state index contributed by atoms with van der Waals surface area (Å²) in [6.45, 7) is 1.11. The van der Waals surface area contributed by atoms with Crippen LogP contribution in [0.25, 0.3) is 0 Å². The molecular formula is C35H34N4O4. The first-order valence-corrected chi connectivity index (χ1v) is 14.1. The van der Waals surface area contributed by atoms with Crippen LogP contribution in [0.1, 0.15) is 39.4 Å². The summed E-state index contributed by atoms with van der Waals surface area (Å²) in [7, 11) is 5.23. The average molecular weight is 575 g/mol. The van der Waals surface area contributed by atoms with Crippen LogP contribution in [0.3, 0.4) is 0 Å². The molecule has 8 heteroatoms. The zero-order valence-electron chi connectivity index (χ0n) is 24.5. The van der Waals surface area contributed by atoms with E-state index in [1.54, 1.807) is 23.1 Å². The van der Waals surface area contributed by atoms with Crippen LogP contribution in [0.2, 0.25) is 0 Å². The number of carbonyl (C=O) groups excluding carboxylic acids is 3. The molecule has 0 saturated heterocycles. The summed E-state index contributed by atoms with van der Waals surface area (Å²) in [6, 6.07) is 32.1. The second-order valence-corrected chi connectivity index (χ2v) is 10.6. The van der Waals surface area contributed by atoms with Crippen molar-refractivity contribution >= 4 is 40.6 Å². The van der Waals surface area contributed by atoms with Gasteiger partial charge in [-0.25, -0.2) is 4.79 Å². The van der Waals surface area contributed by atoms with Gasteiger partial charge in [0.1, 0.15) is 5.92 Å². The molecule has 1 heterocycles. The molecule has 0 bridgehead atoms. The van der Waals surface area contributed by atoms with E-state index in [1.807, 2.05) is 104 Å². The number of fused-ring (bicyclic) bond motifs is 1. The molecule has 4 aromatic carbocycles. The highest BCUT2D eigenvalue weighted by atomic mass is 16.5. The van der Waals surface area contributed by atoms with Crippen LogP contribution in [-0.4, -0.2) is 56.1 Å². The number of hydrogen-bond acceptors (Lipinski definition) is 6. The summed E-state index contributed by atoms with van der Waals surface area (Å²) in [4.78, 5) is 47.5. The molecule has 0 spiro atoms. The summed E-state index contributed by atoms with van der Waals surface area (Å²) in [6.07, 6.45) is 0.395. The Morgan fingerprint density at radius 2 is 1.53 bits per heavy atom. The van der Waals surface area contributed by atoms with Crippen molar-refractivity contribution in [2.75, 3.05) is 38.0 Å². The van der Waals surface area contributed by atoms with E-state index < -0.39 is 11.9 Å². The monoisotopic (exact) mass is 574 g/mol. The Morgan fingerprint density at radius 3 is 2.19 bits per heavy atom. The van der Waals surface area contributed by atoms with E-state index in [-0.39, 0.29) is 11.8 Å². The van der Waals surface area contributed by atoms with Crippen LogP contribution < -0.4 is 10.2 Å². The van der Waals surface area contributed by atoms with Gasteiger partial charge in [-0.05, 0) is 67.2 Å². The summed E-state index contributed by atoms with van der Waals surface area (Å²) >= 11 is 0. The van der Waals surface area contributed by atoms with Crippen LogP contribution in [0.15, 0.2) is 108 Å². The lowest BCUT2D eigenvalue weighted by Gasteiger charge is -2.24. The molecule has 0 fully saturated rings. The maximum atomic E-state index is 13.3. The molecule has 4 aromatic rings. The minimum atomic E-state index is -0.675. The SMILES string of the molecule is COC(=O)c1ccc2c(c1)NC(=O)C2C(=Nc1ccc(N(Cc2ccccc2)C(=O)CCN(C)C)cc1)c1ccccc1. The Morgan fingerprint density at radius 1 is 0.860 bits per heavy atom. The fraction of sp³-hybridized carbons (Fsp3) is 0.200. The van der Waals surface area contributed by atoms with Gasteiger partial charge in [-0.1, -0.05) is 66.7 Å². The lowest BCUT2D eigenvalue weighted by atomic mass is 9.90. The van der Waals surface area contributed by atoms with E-state index >= 15 is 0 Å². The van der Waals surface area contributed by atoms with Crippen LogP contribution >= 0.6 is 0 Å². The van der Waals surface area contributed by atoms with Crippen molar-refractivity contribution in [1.29, 1.82) is 0 Å². The van der Waals surface area contributed by atoms with Crippen molar-refractivity contribution in [2.24, 2.45) is 4.99 Å². The van der Waals surface area contributed by atoms with E-state index in [0.29, 0.717) is 42.2 Å². The van der Waals surface area contributed by atoms with Gasteiger partial charge in [0.15, 0.2) is 0 Å². The van der Waals surface area contributed by atoms with Gasteiger partial charge in [0, 0.05) is 24.3 Å². The van der Waals surface area contributed by atoms with Gasteiger partial charge in [-0.2, -0.15) is 0 Å². The minimum absolute atomic E-state index is 0.0318. The minimum Gasteiger partial charge on any atom is -0.465 e. The molecule has 0 aromatic heterocycles. The number of aliphatic imine (C=N–C) groups is 1. The number of ether oxygens (including phenoxy) is 1. The predicted molar refractivity (Wildman–Crippen MR) is 169 cm³/mol. The highest BCUT2D eigenvalue weighted by molar-refractivity contribution is 6.24. The highest BCUT2D eigenvalue weighted by Gasteiger charge is 2.36. The van der Waals surface area contributed by atoms with E-state index in [4.69, 9.17) is 9.73 Å². The van der Waals surface area contributed by atoms with Crippen LogP contribution in [0, 0.1) is 0 Å². The van der Waals surface area contributed by atoms with Gasteiger partial charge in [-0.15, -0.1) is 0 Å². The second-order valence-electron chi connectivity index (χ2n) is 10.6. The lowest BCUT2D eigenvalue weighted by molar-refractivity contribution is -0.119. The maximum Gasteiger partial charge on any atom is 0.337 e. The zero-order chi connectivity index (χ0) is 30.3. The van der Waals surface area contributed by atoms with Crippen molar-refractivity contribution in [2.45, 2.75) is 18.9 Å². The Balaban J connectivity index is 1.49. The molecule has 8 nitrogen and oxygen atoms in total. The van der Waals surface area contributed by atoms with Gasteiger partial charge in [0.2, 0.25) is 11.8 Å². The maximum absolute atomic E-state index is 13.3. The Hall–Kier alpha value is -5.08. The predicted octanol–water partition coefficient (Wildman–Crippen LogP) is 5.81. The number of anilines is 2. The first-order chi connectivity index (χ1) is 20.8. The number of hydrogen-bond donors (Lipinski definition) is 1. The fourth-order valence-electron chi connectivity index (χ4n) is 5.07. The summed E-state index contributed by atoms with van der Waals surface area (Å²) in [5.74, 6) is -1.34. The van der Waals surface area contributed by atoms with Gasteiger partial charge >= 0.3 is 5.97 Å². The molecular weight excluding hydrogens is 540 g/mol. The first-order valence-electron chi connectivity index (χ1n) is 14.1. The molecule has 1 aliphatic heterocycles. The largest absolute Gasteiger partial charge is 0.465 e. The Bertz CT molecular complexity index is 1630. The van der Waals surface area contributed by atoms with Gasteiger partial charge in [-0.3, -0.25) is 14.6 Å². The molecule has 43 heavy (non-hydrogen) atoms. The molecule has 1 aliphatic rings. The number of esters is 1. The van der Waals surface area contributed by atoms with Crippen LogP contribution in [0.5, 0.6) is 0 Å². The molecule has 0 aliphatic carbocycles. The van der Waals surface area contributed by atoms with Crippen molar-refractivity contribution in [3.8, 4) is 0 Å². The molecule has 1 N–H and O–H groups in total. The number of methoxy groups -OCH3 is 1. The highest BCUT2D eigenvalue weighted by Crippen LogP contribution is 2.37. The topological polar surface area (TPSA) is 91.3 Å². The number of carbonyl (C=O) groups is 3. The first kappa shape index (κ1) is 29.4. The number of nitrogens with zero attached hydrogens (tertiary/aromatic N) is 3. The van der Waals surface area contributed by atoms with Crippen molar-refractivity contribution in [3.63, 3.8) is 0 Å². The Kier molecular flexibility index (Phi) is 9.08. The number of benzene rings is 4. The fourth-order valence-corrected chi connectivity index (χ4v) is 5.07. The molecule has 5 rings (SSSR count). The number of rotatable bonds is 10. The van der Waals surface area contributed by atoms with Crippen molar-refractivity contribution in [1.82, 2.24) is 4.90 Å². The summed E-state index contributed by atoms with van der Waals surface area (Å²) in [5.41, 5.74) is 5.50. The quantitative estimate of drug-likeness (QED) is 0.191. The number of nitrogens with one attached hydrogen (secondary N) is 1. The van der Waals surface area contributed by atoms with Gasteiger partial charge in [0.25, 0.3) is 0 Å². The zero-order valence-corrected chi connectivity index (χ0v) is 24.5. The van der Waals surface area contributed by atoms with Crippen LogP contribution in [0.4, 0.5) is 17.1 Å². The number of amides is 2. The Labute approximate surface area is 251 Å². The molecule has 2 amide bonds. The van der Waals surface area contributed by atoms with E-state index in [9.17, 15) is 14.4 Å². The van der Waals surface area contributed by atoms with E-state index in [0.717, 1.165) is 22.4 Å². The van der Waals surface area contributed by atoms with Crippen molar-refractivity contribution in [3.05, 3.63) is 125 Å². The third kappa shape index (κ3) is 6.88. The third-order valence-electron chi connectivity index (χ3n) is 7.32. The lowest BCUT2D eigenvalue weighted by Crippen LogP contribution is -2.32. The van der Waals surface area contributed by atoms with E-state index in [2.05, 4.69) is 5.32 Å². The molecule has 218 valence electrons. The smallest absolute Gasteiger partial charge is 0.337 e. The normalized spacial score (nSPS) is 14.3. The molecule has 0 saturated carbocycles. The van der Waals surface area contributed by atoms with Gasteiger partial charge < -0.3 is 19.9 Å². The van der Waals surface area contributed by atoms with E-state index in [1.165, 1.54) is 7.11 Å².